The summed E-state index contributed by atoms with van der Waals surface area (Å²) in [4.78, 5) is 13.2. The molecule has 0 aromatic heterocycles. The van der Waals surface area contributed by atoms with Crippen molar-refractivity contribution in [1.82, 2.24) is 5.32 Å². The van der Waals surface area contributed by atoms with Crippen molar-refractivity contribution >= 4 is 5.91 Å². The van der Waals surface area contributed by atoms with E-state index in [0.29, 0.717) is 5.91 Å². The van der Waals surface area contributed by atoms with Crippen molar-refractivity contribution < 1.29 is 14.3 Å². The molecular weight excluding hydrogens is 434 g/mol. The molecule has 4 fully saturated rings. The molecule has 5 rings (SSSR count). The van der Waals surface area contributed by atoms with E-state index in [0.717, 1.165) is 87.2 Å². The van der Waals surface area contributed by atoms with Gasteiger partial charge in [-0.25, -0.2) is 0 Å². The van der Waals surface area contributed by atoms with Gasteiger partial charge in [-0.1, -0.05) is 19.9 Å². The maximum Gasteiger partial charge on any atom is 0.226 e. The highest BCUT2D eigenvalue weighted by Gasteiger charge is 2.54. The Balaban J connectivity index is 1.31. The molecular formula is C31H49NO3. The number of unbranched alkanes of at least 4 members (excludes halogenated alkanes) is 1. The van der Waals surface area contributed by atoms with E-state index in [4.69, 9.17) is 9.47 Å². The summed E-state index contributed by atoms with van der Waals surface area (Å²) in [5.41, 5.74) is 0.761. The molecule has 4 bridgehead atoms. The first-order valence-corrected chi connectivity index (χ1v) is 14.3. The van der Waals surface area contributed by atoms with Crippen molar-refractivity contribution in [3.63, 3.8) is 0 Å². The number of carbonyl (C=O) groups excluding carboxylic acids is 1. The molecule has 4 aliphatic rings. The van der Waals surface area contributed by atoms with Crippen LogP contribution in [0.5, 0.6) is 11.5 Å². The second-order valence-electron chi connectivity index (χ2n) is 13.1. The van der Waals surface area contributed by atoms with Crippen molar-refractivity contribution in [3.8, 4) is 11.5 Å². The molecule has 4 saturated carbocycles. The second-order valence-corrected chi connectivity index (χ2v) is 13.1. The van der Waals surface area contributed by atoms with Crippen LogP contribution >= 0.6 is 0 Å². The fourth-order valence-electron chi connectivity index (χ4n) is 6.88. The molecule has 4 nitrogen and oxygen atoms in total. The number of carbonyl (C=O) groups is 1. The molecule has 0 heterocycles. The maximum absolute atomic E-state index is 13.2. The van der Waals surface area contributed by atoms with Gasteiger partial charge in [-0.3, -0.25) is 4.79 Å². The third-order valence-electron chi connectivity index (χ3n) is 9.20. The Hall–Kier alpha value is -1.71. The quantitative estimate of drug-likeness (QED) is 0.314. The zero-order valence-electron chi connectivity index (χ0n) is 23.2. The first kappa shape index (κ1) is 26.4. The van der Waals surface area contributed by atoms with Crippen LogP contribution in [0.4, 0.5) is 0 Å². The summed E-state index contributed by atoms with van der Waals surface area (Å²) in [6, 6.07) is 6.31. The molecule has 1 N–H and O–H groups in total. The molecule has 0 radical (unpaired) electrons. The van der Waals surface area contributed by atoms with Crippen LogP contribution in [0.1, 0.15) is 111 Å². The van der Waals surface area contributed by atoms with Gasteiger partial charge in [0.25, 0.3) is 0 Å². The van der Waals surface area contributed by atoms with Crippen LogP contribution in [0.15, 0.2) is 18.2 Å². The minimum absolute atomic E-state index is 0.0381. The van der Waals surface area contributed by atoms with Crippen LogP contribution in [0.2, 0.25) is 0 Å². The Morgan fingerprint density at radius 3 is 2.06 bits per heavy atom. The van der Waals surface area contributed by atoms with E-state index in [1.165, 1.54) is 24.8 Å². The average molecular weight is 484 g/mol. The van der Waals surface area contributed by atoms with E-state index in [9.17, 15) is 4.79 Å². The molecule has 0 unspecified atom stereocenters. The summed E-state index contributed by atoms with van der Waals surface area (Å²) in [7, 11) is 0. The molecule has 1 amide bonds. The van der Waals surface area contributed by atoms with Crippen molar-refractivity contribution in [2.75, 3.05) is 6.54 Å². The van der Waals surface area contributed by atoms with E-state index in [-0.39, 0.29) is 16.6 Å². The van der Waals surface area contributed by atoms with Crippen molar-refractivity contribution in [3.05, 3.63) is 23.8 Å². The molecule has 1 aromatic rings. The Morgan fingerprint density at radius 1 is 0.914 bits per heavy atom. The molecule has 4 aliphatic carbocycles. The topological polar surface area (TPSA) is 47.6 Å². The molecule has 0 aliphatic heterocycles. The third kappa shape index (κ3) is 6.35. The Labute approximate surface area is 213 Å². The summed E-state index contributed by atoms with van der Waals surface area (Å²) in [6.07, 6.45) is 12.4. The molecule has 4 heteroatoms. The molecule has 1 aromatic carbocycles. The summed E-state index contributed by atoms with van der Waals surface area (Å²) >= 11 is 0. The lowest BCUT2D eigenvalue weighted by Crippen LogP contribution is -2.53. The summed E-state index contributed by atoms with van der Waals surface area (Å²) in [5.74, 6) is 4.59. The van der Waals surface area contributed by atoms with Crippen LogP contribution < -0.4 is 14.8 Å². The fourth-order valence-corrected chi connectivity index (χ4v) is 6.88. The van der Waals surface area contributed by atoms with Gasteiger partial charge in [-0.05, 0) is 128 Å². The van der Waals surface area contributed by atoms with Crippen molar-refractivity contribution in [1.29, 1.82) is 0 Å². The Bertz CT molecular complexity index is 852. The van der Waals surface area contributed by atoms with Crippen LogP contribution in [0, 0.1) is 23.2 Å². The van der Waals surface area contributed by atoms with Crippen LogP contribution in [0.3, 0.4) is 0 Å². The first-order valence-electron chi connectivity index (χ1n) is 14.3. The smallest absolute Gasteiger partial charge is 0.226 e. The van der Waals surface area contributed by atoms with Gasteiger partial charge in [0.2, 0.25) is 5.91 Å². The van der Waals surface area contributed by atoms with Gasteiger partial charge in [0.1, 0.15) is 22.7 Å². The number of ether oxygens (including phenoxy) is 2. The van der Waals surface area contributed by atoms with Gasteiger partial charge in [0.15, 0.2) is 0 Å². The van der Waals surface area contributed by atoms with Crippen LogP contribution in [0.25, 0.3) is 0 Å². The first-order chi connectivity index (χ1) is 16.5. The van der Waals surface area contributed by atoms with Gasteiger partial charge in [-0.15, -0.1) is 0 Å². The van der Waals surface area contributed by atoms with Crippen LogP contribution in [-0.4, -0.2) is 23.7 Å². The Kier molecular flexibility index (Phi) is 7.79. The number of hydrogen-bond acceptors (Lipinski definition) is 3. The molecule has 35 heavy (non-hydrogen) atoms. The third-order valence-corrected chi connectivity index (χ3v) is 9.20. The summed E-state index contributed by atoms with van der Waals surface area (Å²) in [5, 5.41) is 3.34. The van der Waals surface area contributed by atoms with Gasteiger partial charge < -0.3 is 14.8 Å². The zero-order chi connectivity index (χ0) is 25.3. The minimum Gasteiger partial charge on any atom is -0.488 e. The van der Waals surface area contributed by atoms with E-state index in [1.807, 2.05) is 0 Å². The lowest BCUT2D eigenvalue weighted by molar-refractivity contribution is -0.146. The molecule has 0 spiro atoms. The van der Waals surface area contributed by atoms with Gasteiger partial charge in [-0.2, -0.15) is 0 Å². The van der Waals surface area contributed by atoms with Crippen LogP contribution in [-0.2, 0) is 11.2 Å². The lowest BCUT2D eigenvalue weighted by atomic mass is 9.49. The maximum atomic E-state index is 13.2. The van der Waals surface area contributed by atoms with Gasteiger partial charge in [0, 0.05) is 18.0 Å². The predicted octanol–water partition coefficient (Wildman–Crippen LogP) is 7.48. The summed E-state index contributed by atoms with van der Waals surface area (Å²) in [6.45, 7) is 13.6. The monoisotopic (exact) mass is 483 g/mol. The number of aryl methyl sites for hydroxylation is 1. The number of nitrogens with one attached hydrogen (secondary N) is 1. The highest BCUT2D eigenvalue weighted by atomic mass is 16.5. The average Bonchev–Trinajstić information content (AvgIpc) is 2.78. The molecule has 196 valence electrons. The number of amides is 1. The molecule has 0 atom stereocenters. The SMILES string of the molecule is CCC(C)(C)Oc1ccc(CCCCNC(=O)C23CC4CC(CC(C4)C2)C3)c(OC(C)(C)CC)c1. The van der Waals surface area contributed by atoms with E-state index < -0.39 is 0 Å². The number of rotatable bonds is 12. The largest absolute Gasteiger partial charge is 0.488 e. The second kappa shape index (κ2) is 10.3. The van der Waals surface area contributed by atoms with Gasteiger partial charge >= 0.3 is 0 Å². The van der Waals surface area contributed by atoms with E-state index >= 15 is 0 Å². The zero-order valence-corrected chi connectivity index (χ0v) is 23.2. The predicted molar refractivity (Wildman–Crippen MR) is 143 cm³/mol. The highest BCUT2D eigenvalue weighted by molar-refractivity contribution is 5.83. The minimum atomic E-state index is -0.223. The number of hydrogen-bond donors (Lipinski definition) is 1. The van der Waals surface area contributed by atoms with E-state index in [2.05, 4.69) is 65.1 Å². The van der Waals surface area contributed by atoms with Gasteiger partial charge in [0.05, 0.1) is 0 Å². The van der Waals surface area contributed by atoms with Crippen molar-refractivity contribution in [2.45, 2.75) is 123 Å². The molecule has 0 saturated heterocycles. The Morgan fingerprint density at radius 2 is 1.49 bits per heavy atom. The fraction of sp³-hybridized carbons (Fsp3) is 0.774. The lowest BCUT2D eigenvalue weighted by Gasteiger charge is -2.55. The van der Waals surface area contributed by atoms with Crippen molar-refractivity contribution in [2.24, 2.45) is 23.2 Å². The van der Waals surface area contributed by atoms with E-state index in [1.54, 1.807) is 0 Å². The normalized spacial score (nSPS) is 27.7. The summed E-state index contributed by atoms with van der Waals surface area (Å²) < 4.78 is 12.7. The standard InChI is InChI=1S/C31H49NO3/c1-7-29(3,4)34-26-13-12-25(27(18-26)35-30(5,6)8-2)11-9-10-14-32-28(33)31-19-22-15-23(20-31)17-24(16-22)21-31/h12-13,18,22-24H,7-11,14-17,19-21H2,1-6H3,(H,32,33). The highest BCUT2D eigenvalue weighted by Crippen LogP contribution is 2.60. The number of benzene rings is 1.